The third-order valence-electron chi connectivity index (χ3n) is 11.9. The Morgan fingerprint density at radius 2 is 1.87 bits per heavy atom. The molecule has 0 spiro atoms. The monoisotopic (exact) mass is 728 g/mol. The van der Waals surface area contributed by atoms with E-state index in [0.717, 1.165) is 90.7 Å². The van der Waals surface area contributed by atoms with Crippen LogP contribution >= 0.6 is 11.3 Å². The first-order valence-electron chi connectivity index (χ1n) is 18.6. The minimum Gasteiger partial charge on any atom is -0.508 e. The number of likely N-dealkylation sites (N-methyl/N-ethyl adjacent to an activating group) is 1. The Balaban J connectivity index is 1.27. The highest BCUT2D eigenvalue weighted by molar-refractivity contribution is 7.14. The van der Waals surface area contributed by atoms with Gasteiger partial charge in [-0.05, 0) is 73.0 Å². The number of nitrogens with one attached hydrogen (secondary N) is 2. The quantitative estimate of drug-likeness (QED) is 0.185. The van der Waals surface area contributed by atoms with E-state index in [9.17, 15) is 10.4 Å². The van der Waals surface area contributed by atoms with Crippen molar-refractivity contribution >= 4 is 55.0 Å². The van der Waals surface area contributed by atoms with Gasteiger partial charge in [0.15, 0.2) is 22.6 Å². The van der Waals surface area contributed by atoms with Crippen molar-refractivity contribution in [3.05, 3.63) is 59.2 Å². The average Bonchev–Trinajstić information content (AvgIpc) is 3.95. The zero-order chi connectivity index (χ0) is 36.0. The number of aryl methyl sites for hydroxylation is 1. The maximum Gasteiger partial charge on any atom is 0.186 e. The van der Waals surface area contributed by atoms with E-state index in [1.807, 2.05) is 30.3 Å². The van der Waals surface area contributed by atoms with Crippen molar-refractivity contribution in [1.29, 1.82) is 5.26 Å². The number of anilines is 2. The van der Waals surface area contributed by atoms with Crippen LogP contribution in [0.1, 0.15) is 24.4 Å². The molecule has 7 heterocycles. The summed E-state index contributed by atoms with van der Waals surface area (Å²) in [7, 11) is 4.17. The summed E-state index contributed by atoms with van der Waals surface area (Å²) in [5.41, 5.74) is 4.41. The molecular formula is C40H41FN10OS. The van der Waals surface area contributed by atoms with Crippen molar-refractivity contribution in [2.45, 2.75) is 37.4 Å². The second-order valence-electron chi connectivity index (χ2n) is 15.2. The van der Waals surface area contributed by atoms with Crippen molar-refractivity contribution in [2.75, 3.05) is 69.7 Å². The fourth-order valence-corrected chi connectivity index (χ4v) is 9.88. The number of benzene rings is 3. The van der Waals surface area contributed by atoms with Crippen LogP contribution in [0.15, 0.2) is 47.8 Å². The number of hydrogen-bond acceptors (Lipinski definition) is 11. The van der Waals surface area contributed by atoms with Crippen LogP contribution in [0.5, 0.6) is 5.75 Å². The van der Waals surface area contributed by atoms with Crippen LogP contribution in [-0.2, 0) is 6.42 Å². The highest BCUT2D eigenvalue weighted by Gasteiger charge is 2.50. The van der Waals surface area contributed by atoms with Gasteiger partial charge in [0, 0.05) is 80.6 Å². The van der Waals surface area contributed by atoms with E-state index < -0.39 is 5.82 Å². The largest absolute Gasteiger partial charge is 0.508 e. The van der Waals surface area contributed by atoms with Gasteiger partial charge in [-0.1, -0.05) is 24.3 Å². The predicted octanol–water partition coefficient (Wildman–Crippen LogP) is 5.52. The molecule has 4 aliphatic heterocycles. The number of aromatic nitrogens is 4. The molecular weight excluding hydrogens is 688 g/mol. The van der Waals surface area contributed by atoms with Crippen LogP contribution in [0.3, 0.4) is 0 Å². The van der Waals surface area contributed by atoms with Gasteiger partial charge in [0.1, 0.15) is 22.5 Å². The van der Waals surface area contributed by atoms with Crippen LogP contribution in [-0.4, -0.2) is 102 Å². The van der Waals surface area contributed by atoms with Crippen LogP contribution in [0.4, 0.5) is 15.3 Å². The molecule has 2 bridgehead atoms. The minimum atomic E-state index is -0.447. The number of nitriles is 1. The van der Waals surface area contributed by atoms with Crippen LogP contribution in [0, 0.1) is 23.1 Å². The van der Waals surface area contributed by atoms with Crippen molar-refractivity contribution < 1.29 is 9.50 Å². The van der Waals surface area contributed by atoms with Crippen LogP contribution < -0.4 is 20.4 Å². The summed E-state index contributed by atoms with van der Waals surface area (Å²) in [6.07, 6.45) is 1.66. The van der Waals surface area contributed by atoms with Gasteiger partial charge in [0.05, 0.1) is 17.6 Å². The number of fused-ring (bicyclic) bond motifs is 5. The molecule has 270 valence electrons. The molecule has 1 aliphatic carbocycles. The maximum absolute atomic E-state index is 17.8. The summed E-state index contributed by atoms with van der Waals surface area (Å²) in [5.74, 6) is 1.51. The molecule has 3 unspecified atom stereocenters. The first-order chi connectivity index (χ1) is 25.9. The lowest BCUT2D eigenvalue weighted by molar-refractivity contribution is 0.227. The van der Waals surface area contributed by atoms with Gasteiger partial charge in [-0.3, -0.25) is 0 Å². The van der Waals surface area contributed by atoms with E-state index in [2.05, 4.69) is 55.4 Å². The van der Waals surface area contributed by atoms with Gasteiger partial charge in [-0.2, -0.15) is 5.26 Å². The number of rotatable bonds is 8. The number of imidazole rings is 1. The van der Waals surface area contributed by atoms with Crippen molar-refractivity contribution in [3.8, 4) is 34.5 Å². The van der Waals surface area contributed by atoms with Crippen molar-refractivity contribution in [3.63, 3.8) is 0 Å². The molecule has 11 rings (SSSR count). The van der Waals surface area contributed by atoms with E-state index in [1.54, 1.807) is 23.5 Å². The molecule has 5 fully saturated rings. The first kappa shape index (κ1) is 32.8. The Hall–Kier alpha value is -4.87. The van der Waals surface area contributed by atoms with E-state index in [-0.39, 0.29) is 29.8 Å². The third kappa shape index (κ3) is 5.18. The number of aromatic hydroxyl groups is 1. The fourth-order valence-electron chi connectivity index (χ4n) is 9.02. The topological polar surface area (TPSA) is 121 Å². The summed E-state index contributed by atoms with van der Waals surface area (Å²) in [6, 6.07) is 16.2. The van der Waals surface area contributed by atoms with E-state index >= 15 is 4.39 Å². The zero-order valence-electron chi connectivity index (χ0n) is 29.8. The molecule has 6 aromatic rings. The number of hydrogen-bond donors (Lipinski definition) is 3. The third-order valence-corrected chi connectivity index (χ3v) is 12.8. The standard InChI is InChI=1S/C40H41FN10OS/c1-48(2)25-19-50(20-25)39-35-37(51(36-24-16-30(36)44-18-24)38(47-35)31-21-53-40(45-31)49-12-10-43-11-13-49)29-15-23(7-5-9-42)32(33(41)34(29)46-39)28-17-26(52)14-22-6-3-4-8-27(22)28/h3-4,6,8,14-15,17,21,24-25,30,36,43-44,52H,5,7,10-13,16,18-20H2,1-2H3. The lowest BCUT2D eigenvalue weighted by Gasteiger charge is -2.43. The maximum atomic E-state index is 17.8. The lowest BCUT2D eigenvalue weighted by Crippen LogP contribution is -2.57. The molecule has 5 aliphatic rings. The predicted molar refractivity (Wildman–Crippen MR) is 208 cm³/mol. The second kappa shape index (κ2) is 12.6. The van der Waals surface area contributed by atoms with E-state index in [0.29, 0.717) is 46.3 Å². The average molecular weight is 729 g/mol. The summed E-state index contributed by atoms with van der Waals surface area (Å²) in [6.45, 7) is 6.11. The number of piperazine rings is 1. The number of phenolic OH excluding ortho intramolecular Hbond substituents is 1. The smallest absolute Gasteiger partial charge is 0.186 e. The van der Waals surface area contributed by atoms with E-state index in [4.69, 9.17) is 15.0 Å². The second-order valence-corrected chi connectivity index (χ2v) is 16.0. The Morgan fingerprint density at radius 1 is 1.04 bits per heavy atom. The van der Waals surface area contributed by atoms with Crippen LogP contribution in [0.2, 0.25) is 0 Å². The first-order valence-corrected chi connectivity index (χ1v) is 19.5. The van der Waals surface area contributed by atoms with E-state index in [1.165, 1.54) is 0 Å². The molecule has 0 amide bonds. The highest BCUT2D eigenvalue weighted by Crippen LogP contribution is 2.50. The number of phenols is 1. The Kier molecular flexibility index (Phi) is 7.80. The fraction of sp³-hybridized carbons (Fsp3) is 0.400. The number of pyridine rings is 1. The van der Waals surface area contributed by atoms with Crippen molar-refractivity contribution in [2.24, 2.45) is 5.92 Å². The number of halogens is 1. The Labute approximate surface area is 310 Å². The molecule has 1 saturated carbocycles. The minimum absolute atomic E-state index is 0.0583. The number of thiazole rings is 1. The molecule has 3 aromatic carbocycles. The van der Waals surface area contributed by atoms with Crippen LogP contribution in [0.25, 0.3) is 55.4 Å². The van der Waals surface area contributed by atoms with Crippen molar-refractivity contribution in [1.82, 2.24) is 35.1 Å². The summed E-state index contributed by atoms with van der Waals surface area (Å²) >= 11 is 1.65. The molecule has 53 heavy (non-hydrogen) atoms. The molecule has 0 radical (unpaired) electrons. The molecule has 11 nitrogen and oxygen atoms in total. The number of nitrogens with zero attached hydrogens (tertiary/aromatic N) is 8. The van der Waals surface area contributed by atoms with Gasteiger partial charge in [0.25, 0.3) is 0 Å². The lowest BCUT2D eigenvalue weighted by atomic mass is 9.79. The molecule has 4 saturated heterocycles. The molecule has 13 heteroatoms. The summed E-state index contributed by atoms with van der Waals surface area (Å²) in [5, 5.41) is 33.2. The Morgan fingerprint density at radius 3 is 2.62 bits per heavy atom. The molecule has 3 N–H and O–H groups in total. The normalized spacial score (nSPS) is 21.5. The van der Waals surface area contributed by atoms with Gasteiger partial charge >= 0.3 is 0 Å². The SMILES string of the molecule is CN(C)C1CN(c2nc3c(F)c(-c4cc(O)cc5ccccc45)c(CCC#N)cc3c3c2nc(-c2csc(N4CCNCC4)n2)n3C2C3CNC2C3)C1. The van der Waals surface area contributed by atoms with Gasteiger partial charge in [-0.25, -0.2) is 19.3 Å². The van der Waals surface area contributed by atoms with Gasteiger partial charge in [-0.15, -0.1) is 11.3 Å². The molecule has 3 atom stereocenters. The summed E-state index contributed by atoms with van der Waals surface area (Å²) < 4.78 is 20.2. The highest BCUT2D eigenvalue weighted by atomic mass is 32.1. The van der Waals surface area contributed by atoms with Gasteiger partial charge < -0.3 is 35.0 Å². The zero-order valence-corrected chi connectivity index (χ0v) is 30.6. The molecule has 3 aromatic heterocycles. The Bertz CT molecular complexity index is 2440. The summed E-state index contributed by atoms with van der Waals surface area (Å²) in [4.78, 5) is 22.6. The van der Waals surface area contributed by atoms with Gasteiger partial charge in [0.2, 0.25) is 0 Å².